The Balaban J connectivity index is 1.70. The molecule has 0 N–H and O–H groups in total. The average molecular weight is 354 g/mol. The largest absolute Gasteiger partial charge is 0.287 e. The third-order valence-corrected chi connectivity index (χ3v) is 5.80. The minimum Gasteiger partial charge on any atom is -0.287 e. The van der Waals surface area contributed by atoms with Crippen LogP contribution in [-0.2, 0) is 6.54 Å². The highest BCUT2D eigenvalue weighted by Crippen LogP contribution is 2.29. The molecule has 0 aliphatic heterocycles. The Morgan fingerprint density at radius 2 is 1.42 bits per heavy atom. The molecule has 3 heteroatoms. The molecule has 0 bridgehead atoms. The average Bonchev–Trinajstić information content (AvgIpc) is 3.09. The lowest BCUT2D eigenvalue weighted by molar-refractivity contribution is -0.652. The lowest BCUT2D eigenvalue weighted by Gasteiger charge is -2.09. The molecule has 0 radical (unpaired) electrons. The summed E-state index contributed by atoms with van der Waals surface area (Å²) in [6.07, 6.45) is 0. The highest BCUT2D eigenvalue weighted by Gasteiger charge is 2.21. The van der Waals surface area contributed by atoms with Gasteiger partial charge in [-0.25, -0.2) is 0 Å². The number of carbonyl (C=O) groups excluding carboxylic acids is 1. The number of Topliss-reactive ketones (excluding diaryl/α,β-unsaturated/α-hetero) is 1. The van der Waals surface area contributed by atoms with E-state index in [2.05, 4.69) is 34.9 Å². The molecule has 0 amide bonds. The van der Waals surface area contributed by atoms with Crippen molar-refractivity contribution in [1.29, 1.82) is 0 Å². The SMILES string of the molecule is O=C(C[n+]1csc2ccccc21)c1c2ccccc2cc2ccccc12. The maximum atomic E-state index is 13.4. The van der Waals surface area contributed by atoms with Crippen LogP contribution < -0.4 is 4.57 Å². The fraction of sp³-hybridized carbons (Fsp3) is 0.0435. The summed E-state index contributed by atoms with van der Waals surface area (Å²) in [5.74, 6) is 0.145. The molecule has 0 atom stereocenters. The van der Waals surface area contributed by atoms with E-state index in [1.807, 2.05) is 54.0 Å². The maximum absolute atomic E-state index is 13.4. The van der Waals surface area contributed by atoms with E-state index in [0.29, 0.717) is 6.54 Å². The summed E-state index contributed by atoms with van der Waals surface area (Å²) in [6, 6.07) is 26.7. The first-order valence-corrected chi connectivity index (χ1v) is 9.48. The highest BCUT2D eigenvalue weighted by molar-refractivity contribution is 7.16. The molecular formula is C23H16NOS+. The number of ketones is 1. The molecule has 0 aliphatic rings. The second kappa shape index (κ2) is 6.04. The monoisotopic (exact) mass is 354 g/mol. The van der Waals surface area contributed by atoms with Crippen LogP contribution in [0.3, 0.4) is 0 Å². The van der Waals surface area contributed by atoms with Crippen molar-refractivity contribution >= 4 is 48.9 Å². The Labute approximate surface area is 154 Å². The van der Waals surface area contributed by atoms with Crippen molar-refractivity contribution in [2.24, 2.45) is 0 Å². The normalized spacial score (nSPS) is 11.4. The second-order valence-corrected chi connectivity index (χ2v) is 7.32. The Morgan fingerprint density at radius 3 is 2.15 bits per heavy atom. The Kier molecular flexibility index (Phi) is 3.54. The molecule has 4 aromatic carbocycles. The van der Waals surface area contributed by atoms with Crippen LogP contribution in [0.1, 0.15) is 10.4 Å². The van der Waals surface area contributed by atoms with E-state index in [1.54, 1.807) is 11.3 Å². The van der Waals surface area contributed by atoms with Crippen molar-refractivity contribution < 1.29 is 9.36 Å². The van der Waals surface area contributed by atoms with Crippen LogP contribution in [-0.4, -0.2) is 5.78 Å². The number of para-hydroxylation sites is 1. The van der Waals surface area contributed by atoms with E-state index in [1.165, 1.54) is 4.70 Å². The fourth-order valence-corrected chi connectivity index (χ4v) is 4.53. The predicted molar refractivity (Wildman–Crippen MR) is 108 cm³/mol. The topological polar surface area (TPSA) is 20.9 Å². The van der Waals surface area contributed by atoms with Crippen LogP contribution in [0.2, 0.25) is 0 Å². The van der Waals surface area contributed by atoms with Gasteiger partial charge in [0.1, 0.15) is 4.70 Å². The third-order valence-electron chi connectivity index (χ3n) is 4.85. The number of aromatic nitrogens is 1. The molecule has 124 valence electrons. The van der Waals surface area contributed by atoms with Gasteiger partial charge in [-0.2, -0.15) is 4.57 Å². The van der Waals surface area contributed by atoms with Gasteiger partial charge in [0, 0.05) is 11.6 Å². The number of carbonyl (C=O) groups is 1. The molecule has 2 nitrogen and oxygen atoms in total. The summed E-state index contributed by atoms with van der Waals surface area (Å²) in [7, 11) is 0. The second-order valence-electron chi connectivity index (χ2n) is 6.44. The zero-order valence-electron chi connectivity index (χ0n) is 14.1. The fourth-order valence-electron chi connectivity index (χ4n) is 3.64. The van der Waals surface area contributed by atoms with Gasteiger partial charge in [-0.3, -0.25) is 4.79 Å². The number of rotatable bonds is 3. The quantitative estimate of drug-likeness (QED) is 0.242. The van der Waals surface area contributed by atoms with Crippen molar-refractivity contribution in [2.75, 3.05) is 0 Å². The number of nitrogens with zero attached hydrogens (tertiary/aromatic N) is 1. The predicted octanol–water partition coefficient (Wildman–Crippen LogP) is 5.38. The molecule has 0 aliphatic carbocycles. The lowest BCUT2D eigenvalue weighted by atomic mass is 9.94. The molecule has 0 unspecified atom stereocenters. The summed E-state index contributed by atoms with van der Waals surface area (Å²) in [6.45, 7) is 0.349. The van der Waals surface area contributed by atoms with Gasteiger partial charge in [-0.1, -0.05) is 72.0 Å². The lowest BCUT2D eigenvalue weighted by Crippen LogP contribution is -2.36. The summed E-state index contributed by atoms with van der Waals surface area (Å²) >= 11 is 1.67. The van der Waals surface area contributed by atoms with Gasteiger partial charge in [-0.05, 0) is 33.7 Å². The summed E-state index contributed by atoms with van der Waals surface area (Å²) in [5.41, 5.74) is 3.97. The molecule has 5 aromatic rings. The number of thiazole rings is 1. The van der Waals surface area contributed by atoms with Gasteiger partial charge >= 0.3 is 0 Å². The molecule has 0 saturated carbocycles. The number of benzene rings is 4. The first-order valence-electron chi connectivity index (χ1n) is 8.60. The van der Waals surface area contributed by atoms with Crippen LogP contribution in [0.25, 0.3) is 31.8 Å². The van der Waals surface area contributed by atoms with Crippen molar-refractivity contribution in [2.45, 2.75) is 6.54 Å². The number of hydrogen-bond acceptors (Lipinski definition) is 2. The number of fused-ring (bicyclic) bond motifs is 3. The smallest absolute Gasteiger partial charge is 0.228 e. The van der Waals surface area contributed by atoms with E-state index in [0.717, 1.165) is 32.6 Å². The first kappa shape index (κ1) is 15.2. The van der Waals surface area contributed by atoms with E-state index in [4.69, 9.17) is 0 Å². The van der Waals surface area contributed by atoms with Gasteiger partial charge in [-0.15, -0.1) is 0 Å². The van der Waals surface area contributed by atoms with Crippen LogP contribution in [0, 0.1) is 0 Å². The van der Waals surface area contributed by atoms with E-state index in [-0.39, 0.29) is 5.78 Å². The first-order chi connectivity index (χ1) is 12.8. The van der Waals surface area contributed by atoms with Crippen LogP contribution in [0.5, 0.6) is 0 Å². The van der Waals surface area contributed by atoms with Crippen molar-refractivity contribution in [3.63, 3.8) is 0 Å². The van der Waals surface area contributed by atoms with Gasteiger partial charge in [0.2, 0.25) is 23.4 Å². The van der Waals surface area contributed by atoms with Crippen molar-refractivity contribution in [3.8, 4) is 0 Å². The van der Waals surface area contributed by atoms with E-state index < -0.39 is 0 Å². The maximum Gasteiger partial charge on any atom is 0.228 e. The van der Waals surface area contributed by atoms with Gasteiger partial charge in [0.05, 0.1) is 0 Å². The summed E-state index contributed by atoms with van der Waals surface area (Å²) in [4.78, 5) is 13.4. The van der Waals surface area contributed by atoms with E-state index in [9.17, 15) is 4.79 Å². The molecular weight excluding hydrogens is 338 g/mol. The standard InChI is InChI=1S/C23H16NOS/c25-21(14-24-15-26-22-12-6-5-11-20(22)24)23-18-9-3-1-7-16(18)13-17-8-2-4-10-19(17)23/h1-13,15H,14H2/q+1. The minimum atomic E-state index is 0.145. The molecule has 26 heavy (non-hydrogen) atoms. The van der Waals surface area contributed by atoms with Crippen molar-refractivity contribution in [3.05, 3.63) is 89.9 Å². The molecule has 0 spiro atoms. The summed E-state index contributed by atoms with van der Waals surface area (Å²) in [5, 5.41) is 4.26. The zero-order chi connectivity index (χ0) is 17.5. The molecule has 1 aromatic heterocycles. The molecule has 5 rings (SSSR count). The summed E-state index contributed by atoms with van der Waals surface area (Å²) < 4.78 is 3.25. The van der Waals surface area contributed by atoms with Gasteiger partial charge in [0.25, 0.3) is 0 Å². The zero-order valence-corrected chi connectivity index (χ0v) is 14.9. The highest BCUT2D eigenvalue weighted by atomic mass is 32.1. The molecule has 0 fully saturated rings. The third kappa shape index (κ3) is 2.40. The minimum absolute atomic E-state index is 0.145. The van der Waals surface area contributed by atoms with Gasteiger partial charge in [0.15, 0.2) is 0 Å². The van der Waals surface area contributed by atoms with Gasteiger partial charge < -0.3 is 0 Å². The van der Waals surface area contributed by atoms with Crippen LogP contribution in [0.15, 0.2) is 84.4 Å². The molecule has 0 saturated heterocycles. The Morgan fingerprint density at radius 1 is 0.808 bits per heavy atom. The Hall–Kier alpha value is -3.04. The van der Waals surface area contributed by atoms with Crippen LogP contribution in [0.4, 0.5) is 0 Å². The van der Waals surface area contributed by atoms with Crippen molar-refractivity contribution in [1.82, 2.24) is 0 Å². The molecule has 1 heterocycles. The number of hydrogen-bond donors (Lipinski definition) is 0. The van der Waals surface area contributed by atoms with Crippen LogP contribution >= 0.6 is 11.3 Å². The Bertz CT molecular complexity index is 1230. The van der Waals surface area contributed by atoms with E-state index >= 15 is 0 Å².